The van der Waals surface area contributed by atoms with Gasteiger partial charge in [-0.25, -0.2) is 9.13 Å². The third kappa shape index (κ3) is 73.1. The molecule has 0 rings (SSSR count). The number of hydrogen-bond donors (Lipinski definition) is 3. The van der Waals surface area contributed by atoms with Gasteiger partial charge >= 0.3 is 39.5 Å². The summed E-state index contributed by atoms with van der Waals surface area (Å²) in [6, 6.07) is 0. The van der Waals surface area contributed by atoms with Gasteiger partial charge in [0.25, 0.3) is 0 Å². The molecule has 0 aromatic heterocycles. The molecule has 584 valence electrons. The first kappa shape index (κ1) is 96.8. The van der Waals surface area contributed by atoms with Gasteiger partial charge in [-0.1, -0.05) is 320 Å². The molecule has 0 spiro atoms. The smallest absolute Gasteiger partial charge is 0.462 e. The number of hydrogen-bond acceptors (Lipinski definition) is 15. The van der Waals surface area contributed by atoms with E-state index in [0.29, 0.717) is 32.1 Å². The maximum absolute atomic E-state index is 13.1. The Morgan fingerprint density at radius 1 is 0.280 bits per heavy atom. The SMILES string of the molecule is CCCCC/C=C\C/C=C\C/C=C\C/C=C\CCCC(=O)OC[C@H](COP(=O)(O)OC[C@@H](O)COP(=O)(O)OC[C@@H](COC(=O)CCCCCCCCCCCCCCCCC)OC(=O)CCCCCCCCCCCCCCC)OC(=O)CCCCCCC/C=C\CCCCCCCC. The van der Waals surface area contributed by atoms with E-state index in [2.05, 4.69) is 76.3 Å². The lowest BCUT2D eigenvalue weighted by Crippen LogP contribution is -2.30. The molecule has 100 heavy (non-hydrogen) atoms. The van der Waals surface area contributed by atoms with Gasteiger partial charge in [0.15, 0.2) is 12.2 Å². The lowest BCUT2D eigenvalue weighted by atomic mass is 10.0. The molecule has 0 aromatic carbocycles. The average Bonchev–Trinajstić information content (AvgIpc) is 1.06. The first-order valence-electron chi connectivity index (χ1n) is 40.5. The van der Waals surface area contributed by atoms with Gasteiger partial charge in [-0.3, -0.25) is 37.3 Å². The number of rotatable bonds is 77. The van der Waals surface area contributed by atoms with Gasteiger partial charge in [-0.2, -0.15) is 0 Å². The summed E-state index contributed by atoms with van der Waals surface area (Å²) in [4.78, 5) is 73.0. The molecule has 0 aromatic rings. The van der Waals surface area contributed by atoms with Crippen LogP contribution in [0.5, 0.6) is 0 Å². The molecule has 0 aliphatic rings. The van der Waals surface area contributed by atoms with Crippen molar-refractivity contribution in [2.75, 3.05) is 39.6 Å². The van der Waals surface area contributed by atoms with E-state index in [-0.39, 0.29) is 25.7 Å². The molecular formula is C81H148O17P2. The number of unbranched alkanes of at least 4 members (excludes halogenated alkanes) is 41. The van der Waals surface area contributed by atoms with Crippen LogP contribution in [0.4, 0.5) is 0 Å². The van der Waals surface area contributed by atoms with Gasteiger partial charge in [0, 0.05) is 25.7 Å². The van der Waals surface area contributed by atoms with E-state index in [9.17, 15) is 43.2 Å². The fourth-order valence-corrected chi connectivity index (χ4v) is 12.8. The van der Waals surface area contributed by atoms with Crippen LogP contribution in [-0.2, 0) is 65.4 Å². The zero-order chi connectivity index (χ0) is 73.2. The number of phosphoric acid groups is 2. The third-order valence-electron chi connectivity index (χ3n) is 17.5. The van der Waals surface area contributed by atoms with Gasteiger partial charge in [0.05, 0.1) is 26.4 Å². The molecule has 19 heteroatoms. The highest BCUT2D eigenvalue weighted by molar-refractivity contribution is 7.47. The van der Waals surface area contributed by atoms with Crippen molar-refractivity contribution in [2.45, 2.75) is 393 Å². The lowest BCUT2D eigenvalue weighted by Gasteiger charge is -2.21. The van der Waals surface area contributed by atoms with Crippen molar-refractivity contribution >= 4 is 39.5 Å². The second-order valence-electron chi connectivity index (χ2n) is 27.4. The summed E-state index contributed by atoms with van der Waals surface area (Å²) >= 11 is 0. The Morgan fingerprint density at radius 3 is 0.820 bits per heavy atom. The molecule has 0 radical (unpaired) electrons. The van der Waals surface area contributed by atoms with E-state index in [4.69, 9.17) is 37.0 Å². The van der Waals surface area contributed by atoms with Crippen molar-refractivity contribution in [1.82, 2.24) is 0 Å². The van der Waals surface area contributed by atoms with Crippen LogP contribution in [0.2, 0.25) is 0 Å². The van der Waals surface area contributed by atoms with Crippen LogP contribution < -0.4 is 0 Å². The maximum Gasteiger partial charge on any atom is 0.472 e. The summed E-state index contributed by atoms with van der Waals surface area (Å²) in [5.41, 5.74) is 0. The molecule has 0 heterocycles. The number of ether oxygens (including phenoxy) is 4. The van der Waals surface area contributed by atoms with E-state index in [1.165, 1.54) is 180 Å². The van der Waals surface area contributed by atoms with Crippen molar-refractivity contribution in [3.63, 3.8) is 0 Å². The number of phosphoric ester groups is 2. The van der Waals surface area contributed by atoms with Crippen molar-refractivity contribution in [2.24, 2.45) is 0 Å². The number of carbonyl (C=O) groups is 4. The van der Waals surface area contributed by atoms with E-state index in [1.807, 2.05) is 12.2 Å². The monoisotopic (exact) mass is 1460 g/mol. The summed E-state index contributed by atoms with van der Waals surface area (Å²) in [6.07, 6.45) is 73.4. The third-order valence-corrected chi connectivity index (χ3v) is 19.4. The highest BCUT2D eigenvalue weighted by atomic mass is 31.2. The van der Waals surface area contributed by atoms with E-state index < -0.39 is 97.5 Å². The first-order chi connectivity index (χ1) is 48.7. The predicted molar refractivity (Wildman–Crippen MR) is 409 cm³/mol. The van der Waals surface area contributed by atoms with E-state index >= 15 is 0 Å². The second kappa shape index (κ2) is 74.0. The van der Waals surface area contributed by atoms with Crippen LogP contribution in [0, 0.1) is 0 Å². The Hall–Kier alpha value is -3.24. The molecule has 0 aliphatic heterocycles. The number of aliphatic hydroxyl groups excluding tert-OH is 1. The van der Waals surface area contributed by atoms with Gasteiger partial charge in [-0.05, 0) is 89.9 Å². The average molecular weight is 1460 g/mol. The number of aliphatic hydroxyl groups is 1. The minimum absolute atomic E-state index is 0.0774. The summed E-state index contributed by atoms with van der Waals surface area (Å²) < 4.78 is 68.6. The molecule has 0 saturated heterocycles. The lowest BCUT2D eigenvalue weighted by molar-refractivity contribution is -0.161. The van der Waals surface area contributed by atoms with Crippen LogP contribution in [0.15, 0.2) is 60.8 Å². The molecule has 2 unspecified atom stereocenters. The Bertz CT molecular complexity index is 2130. The topological polar surface area (TPSA) is 237 Å². The predicted octanol–water partition coefficient (Wildman–Crippen LogP) is 23.5. The normalized spacial score (nSPS) is 14.2. The molecule has 0 saturated carbocycles. The quantitative estimate of drug-likeness (QED) is 0.0169. The van der Waals surface area contributed by atoms with Crippen LogP contribution in [0.25, 0.3) is 0 Å². The summed E-state index contributed by atoms with van der Waals surface area (Å²) in [5, 5.41) is 10.6. The van der Waals surface area contributed by atoms with Crippen molar-refractivity contribution in [3.8, 4) is 0 Å². The molecule has 5 atom stereocenters. The Balaban J connectivity index is 5.36. The van der Waals surface area contributed by atoms with Crippen LogP contribution in [0.3, 0.4) is 0 Å². The van der Waals surface area contributed by atoms with Crippen LogP contribution >= 0.6 is 15.6 Å². The highest BCUT2D eigenvalue weighted by Crippen LogP contribution is 2.45. The minimum Gasteiger partial charge on any atom is -0.462 e. The van der Waals surface area contributed by atoms with Gasteiger partial charge in [0.2, 0.25) is 0 Å². The molecule has 0 bridgehead atoms. The first-order valence-corrected chi connectivity index (χ1v) is 43.5. The summed E-state index contributed by atoms with van der Waals surface area (Å²) in [7, 11) is -9.95. The molecule has 0 amide bonds. The van der Waals surface area contributed by atoms with E-state index in [0.717, 1.165) is 109 Å². The van der Waals surface area contributed by atoms with Crippen molar-refractivity contribution in [1.29, 1.82) is 0 Å². The van der Waals surface area contributed by atoms with Crippen LogP contribution in [-0.4, -0.2) is 96.7 Å². The van der Waals surface area contributed by atoms with Gasteiger partial charge in [-0.15, -0.1) is 0 Å². The van der Waals surface area contributed by atoms with Crippen molar-refractivity contribution < 1.29 is 80.2 Å². The molecule has 0 fully saturated rings. The zero-order valence-corrected chi connectivity index (χ0v) is 65.7. The highest BCUT2D eigenvalue weighted by Gasteiger charge is 2.30. The molecule has 0 aliphatic carbocycles. The van der Waals surface area contributed by atoms with E-state index in [1.54, 1.807) is 0 Å². The number of carbonyl (C=O) groups excluding carboxylic acids is 4. The van der Waals surface area contributed by atoms with Crippen LogP contribution in [0.1, 0.15) is 374 Å². The minimum atomic E-state index is -4.98. The summed E-state index contributed by atoms with van der Waals surface area (Å²) in [5.74, 6) is -2.21. The number of allylic oxidation sites excluding steroid dienone is 10. The van der Waals surface area contributed by atoms with Crippen molar-refractivity contribution in [3.05, 3.63) is 60.8 Å². The standard InChI is InChI=1S/C81H148O17P2/c1-5-9-13-17-21-25-29-33-36-37-40-43-46-50-54-58-62-66-79(84)92-72-77(98-81(86)68-64-60-56-52-48-44-39-35-31-27-23-19-15-11-7-3)74-96-100(89,90)94-70-75(82)69-93-99(87,88)95-73-76(97-80(85)67-63-59-55-51-47-41-32-28-24-20-16-12-8-4)71-91-78(83)65-61-57-53-49-45-42-38-34-30-26-22-18-14-10-6-2/h21,25,33,35-36,39-40,43,50,54,75-77,82H,5-20,22-24,26-32,34,37-38,41-42,44-49,51-53,55-74H2,1-4H3,(H,87,88)(H,89,90)/b25-21-,36-33-,39-35-,43-40-,54-50-/t75-,76+,77+/m0/s1. The number of esters is 4. The second-order valence-corrected chi connectivity index (χ2v) is 30.3. The fraction of sp³-hybridized carbons (Fsp3) is 0.827. The maximum atomic E-state index is 13.1. The largest absolute Gasteiger partial charge is 0.472 e. The Labute approximate surface area is 610 Å². The van der Waals surface area contributed by atoms with Gasteiger partial charge in [0.1, 0.15) is 19.3 Å². The van der Waals surface area contributed by atoms with Gasteiger partial charge < -0.3 is 33.8 Å². The fourth-order valence-electron chi connectivity index (χ4n) is 11.3. The Kier molecular flexibility index (Phi) is 71.6. The molecule has 17 nitrogen and oxygen atoms in total. The Morgan fingerprint density at radius 2 is 0.500 bits per heavy atom. The molecular weight excluding hydrogens is 1310 g/mol. The molecule has 3 N–H and O–H groups in total. The summed E-state index contributed by atoms with van der Waals surface area (Å²) in [6.45, 7) is 4.85. The zero-order valence-electron chi connectivity index (χ0n) is 63.9.